The average Bonchev–Trinajstić information content (AvgIpc) is 2.32. The van der Waals surface area contributed by atoms with Crippen LogP contribution in [0.15, 0.2) is 46.9 Å². The van der Waals surface area contributed by atoms with Crippen LogP contribution in [0.1, 0.15) is 26.3 Å². The topological polar surface area (TPSA) is 26.0 Å². The van der Waals surface area contributed by atoms with Gasteiger partial charge >= 0.3 is 0 Å². The van der Waals surface area contributed by atoms with Crippen LogP contribution in [0.3, 0.4) is 0 Å². The Bertz CT molecular complexity index is 553. The van der Waals surface area contributed by atoms with Crippen molar-refractivity contribution >= 4 is 21.6 Å². The van der Waals surface area contributed by atoms with E-state index in [9.17, 15) is 0 Å². The van der Waals surface area contributed by atoms with Crippen molar-refractivity contribution in [3.05, 3.63) is 52.5 Å². The van der Waals surface area contributed by atoms with E-state index in [4.69, 9.17) is 5.73 Å². The first-order valence-corrected chi connectivity index (χ1v) is 6.84. The van der Waals surface area contributed by atoms with Crippen LogP contribution in [0, 0.1) is 0 Å². The van der Waals surface area contributed by atoms with Gasteiger partial charge in [-0.15, -0.1) is 0 Å². The molecule has 0 aliphatic rings. The number of halogens is 1. The maximum Gasteiger partial charge on any atom is 0.0538 e. The Hall–Kier alpha value is -1.28. The molecule has 0 spiro atoms. The summed E-state index contributed by atoms with van der Waals surface area (Å²) in [5, 5.41) is 0. The molecular formula is C16H18BrN. The minimum Gasteiger partial charge on any atom is -0.397 e. The van der Waals surface area contributed by atoms with Crippen LogP contribution in [-0.2, 0) is 5.41 Å². The van der Waals surface area contributed by atoms with Crippen molar-refractivity contribution in [1.29, 1.82) is 0 Å². The number of nitrogens with two attached hydrogens (primary N) is 1. The molecular weight excluding hydrogens is 286 g/mol. The zero-order valence-corrected chi connectivity index (χ0v) is 12.6. The van der Waals surface area contributed by atoms with Gasteiger partial charge in [0.15, 0.2) is 0 Å². The summed E-state index contributed by atoms with van der Waals surface area (Å²) in [6, 6.07) is 14.6. The summed E-state index contributed by atoms with van der Waals surface area (Å²) >= 11 is 3.56. The van der Waals surface area contributed by atoms with E-state index in [0.717, 1.165) is 21.3 Å². The van der Waals surface area contributed by atoms with Gasteiger partial charge in [0.1, 0.15) is 0 Å². The molecule has 0 radical (unpaired) electrons. The standard InChI is InChI=1S/C16H18BrN/c1-16(2,3)12-9-13(15(18)14(17)10-12)11-7-5-4-6-8-11/h4-10H,18H2,1-3H3. The van der Waals surface area contributed by atoms with Gasteiger partial charge < -0.3 is 5.73 Å². The van der Waals surface area contributed by atoms with Gasteiger partial charge in [-0.25, -0.2) is 0 Å². The number of anilines is 1. The molecule has 2 N–H and O–H groups in total. The van der Waals surface area contributed by atoms with Crippen molar-refractivity contribution in [1.82, 2.24) is 0 Å². The summed E-state index contributed by atoms with van der Waals surface area (Å²) in [7, 11) is 0. The molecule has 1 nitrogen and oxygen atoms in total. The van der Waals surface area contributed by atoms with Gasteiger partial charge in [-0.05, 0) is 44.6 Å². The normalized spacial score (nSPS) is 11.6. The van der Waals surface area contributed by atoms with Gasteiger partial charge in [-0.2, -0.15) is 0 Å². The molecule has 2 aromatic rings. The molecule has 0 aliphatic heterocycles. The first-order chi connectivity index (χ1) is 8.39. The molecule has 2 aromatic carbocycles. The van der Waals surface area contributed by atoms with E-state index < -0.39 is 0 Å². The summed E-state index contributed by atoms with van der Waals surface area (Å²) < 4.78 is 0.966. The first-order valence-electron chi connectivity index (χ1n) is 6.04. The zero-order valence-electron chi connectivity index (χ0n) is 11.0. The Labute approximate surface area is 117 Å². The minimum absolute atomic E-state index is 0.111. The fourth-order valence-electron chi connectivity index (χ4n) is 1.91. The highest BCUT2D eigenvalue weighted by atomic mass is 79.9. The fraction of sp³-hybridized carbons (Fsp3) is 0.250. The van der Waals surface area contributed by atoms with E-state index in [2.05, 4.69) is 61.0 Å². The molecule has 0 aliphatic carbocycles. The number of nitrogen functional groups attached to an aromatic ring is 1. The molecule has 0 fully saturated rings. The van der Waals surface area contributed by atoms with Crippen LogP contribution in [0.5, 0.6) is 0 Å². The molecule has 0 saturated heterocycles. The molecule has 0 bridgehead atoms. The highest BCUT2D eigenvalue weighted by Gasteiger charge is 2.17. The molecule has 94 valence electrons. The molecule has 0 unspecified atom stereocenters. The van der Waals surface area contributed by atoms with E-state index >= 15 is 0 Å². The van der Waals surface area contributed by atoms with Gasteiger partial charge in [0, 0.05) is 10.0 Å². The number of hydrogen-bond donors (Lipinski definition) is 1. The average molecular weight is 304 g/mol. The number of hydrogen-bond acceptors (Lipinski definition) is 1. The van der Waals surface area contributed by atoms with Crippen LogP contribution in [0.4, 0.5) is 5.69 Å². The molecule has 0 saturated carbocycles. The summed E-state index contributed by atoms with van der Waals surface area (Å²) in [6.07, 6.45) is 0. The SMILES string of the molecule is CC(C)(C)c1cc(Br)c(N)c(-c2ccccc2)c1. The number of rotatable bonds is 1. The fourth-order valence-corrected chi connectivity index (χ4v) is 2.37. The van der Waals surface area contributed by atoms with E-state index in [-0.39, 0.29) is 5.41 Å². The summed E-state index contributed by atoms with van der Waals surface area (Å²) in [5.41, 5.74) is 10.6. The van der Waals surface area contributed by atoms with Crippen molar-refractivity contribution < 1.29 is 0 Å². The summed E-state index contributed by atoms with van der Waals surface area (Å²) in [5.74, 6) is 0. The van der Waals surface area contributed by atoms with Crippen molar-refractivity contribution in [2.45, 2.75) is 26.2 Å². The molecule has 2 heteroatoms. The van der Waals surface area contributed by atoms with Crippen molar-refractivity contribution in [3.8, 4) is 11.1 Å². The maximum atomic E-state index is 6.18. The quantitative estimate of drug-likeness (QED) is 0.737. The van der Waals surface area contributed by atoms with Gasteiger partial charge in [0.25, 0.3) is 0 Å². The van der Waals surface area contributed by atoms with Crippen LogP contribution in [-0.4, -0.2) is 0 Å². The third kappa shape index (κ3) is 2.59. The van der Waals surface area contributed by atoms with Gasteiger partial charge in [-0.3, -0.25) is 0 Å². The maximum absolute atomic E-state index is 6.18. The van der Waals surface area contributed by atoms with E-state index in [1.165, 1.54) is 5.56 Å². The lowest BCUT2D eigenvalue weighted by molar-refractivity contribution is 0.590. The Balaban J connectivity index is 2.64. The van der Waals surface area contributed by atoms with Gasteiger partial charge in [0.05, 0.1) is 5.69 Å². The third-order valence-electron chi connectivity index (χ3n) is 3.08. The Morgan fingerprint density at radius 1 is 1.00 bits per heavy atom. The monoisotopic (exact) mass is 303 g/mol. The third-order valence-corrected chi connectivity index (χ3v) is 3.74. The highest BCUT2D eigenvalue weighted by molar-refractivity contribution is 9.10. The minimum atomic E-state index is 0.111. The van der Waals surface area contributed by atoms with E-state index in [0.29, 0.717) is 0 Å². The van der Waals surface area contributed by atoms with Crippen molar-refractivity contribution in [3.63, 3.8) is 0 Å². The Kier molecular flexibility index (Phi) is 3.49. The lowest BCUT2D eigenvalue weighted by Crippen LogP contribution is -2.11. The van der Waals surface area contributed by atoms with Crippen molar-refractivity contribution in [2.75, 3.05) is 5.73 Å². The largest absolute Gasteiger partial charge is 0.397 e. The number of benzene rings is 2. The van der Waals surface area contributed by atoms with E-state index in [1.807, 2.05) is 18.2 Å². The predicted octanol–water partition coefficient (Wildman–Crippen LogP) is 5.00. The molecule has 0 heterocycles. The first kappa shape index (κ1) is 13.2. The van der Waals surface area contributed by atoms with Crippen LogP contribution >= 0.6 is 15.9 Å². The van der Waals surface area contributed by atoms with Gasteiger partial charge in [-0.1, -0.05) is 51.1 Å². The molecule has 0 amide bonds. The van der Waals surface area contributed by atoms with Crippen molar-refractivity contribution in [2.24, 2.45) is 0 Å². The Morgan fingerprint density at radius 3 is 2.17 bits per heavy atom. The zero-order chi connectivity index (χ0) is 13.3. The highest BCUT2D eigenvalue weighted by Crippen LogP contribution is 2.36. The predicted molar refractivity (Wildman–Crippen MR) is 82.7 cm³/mol. The second kappa shape index (κ2) is 4.77. The van der Waals surface area contributed by atoms with Crippen LogP contribution in [0.25, 0.3) is 11.1 Å². The molecule has 2 rings (SSSR count). The second-order valence-corrected chi connectivity index (χ2v) is 6.39. The molecule has 0 aromatic heterocycles. The molecule has 0 atom stereocenters. The smallest absolute Gasteiger partial charge is 0.0538 e. The van der Waals surface area contributed by atoms with E-state index in [1.54, 1.807) is 0 Å². The van der Waals surface area contributed by atoms with Crippen LogP contribution < -0.4 is 5.73 Å². The summed E-state index contributed by atoms with van der Waals surface area (Å²) in [6.45, 7) is 6.62. The molecule has 18 heavy (non-hydrogen) atoms. The lowest BCUT2D eigenvalue weighted by atomic mass is 9.85. The second-order valence-electron chi connectivity index (χ2n) is 5.54. The van der Waals surface area contributed by atoms with Gasteiger partial charge in [0.2, 0.25) is 0 Å². The summed E-state index contributed by atoms with van der Waals surface area (Å²) in [4.78, 5) is 0. The lowest BCUT2D eigenvalue weighted by Gasteiger charge is -2.22. The van der Waals surface area contributed by atoms with Crippen LogP contribution in [0.2, 0.25) is 0 Å². The Morgan fingerprint density at radius 2 is 1.61 bits per heavy atom.